The lowest BCUT2D eigenvalue weighted by atomic mass is 10.2. The fraction of sp³-hybridized carbons (Fsp3) is 0.304. The molecule has 0 spiro atoms. The highest BCUT2D eigenvalue weighted by molar-refractivity contribution is 6.30. The number of amidine groups is 1. The molecule has 31 heavy (non-hydrogen) atoms. The van der Waals surface area contributed by atoms with Crippen LogP contribution in [0.1, 0.15) is 5.82 Å². The van der Waals surface area contributed by atoms with E-state index in [-0.39, 0.29) is 18.1 Å². The van der Waals surface area contributed by atoms with Gasteiger partial charge in [0.1, 0.15) is 23.2 Å². The van der Waals surface area contributed by atoms with Crippen LogP contribution in [0.15, 0.2) is 48.2 Å². The fourth-order valence-corrected chi connectivity index (χ4v) is 4.19. The third-order valence-electron chi connectivity index (χ3n) is 6.06. The Morgan fingerprint density at radius 2 is 1.74 bits per heavy atom. The number of methoxy groups -OCH3 is 1. The van der Waals surface area contributed by atoms with Crippen molar-refractivity contribution in [1.82, 2.24) is 14.9 Å². The third-order valence-corrected chi connectivity index (χ3v) is 6.06. The summed E-state index contributed by atoms with van der Waals surface area (Å²) in [7, 11) is 3.77. The van der Waals surface area contributed by atoms with E-state index < -0.39 is 0 Å². The largest absolute Gasteiger partial charge is 0.509 e. The monoisotopic (exact) mass is 418 g/mol. The van der Waals surface area contributed by atoms with Crippen molar-refractivity contribution in [3.8, 4) is 5.75 Å². The van der Waals surface area contributed by atoms with Crippen LogP contribution < -0.4 is 14.5 Å². The molecule has 2 aromatic carbocycles. The molecule has 0 atom stereocenters. The number of aliphatic hydroxyl groups is 1. The van der Waals surface area contributed by atoms with Crippen LogP contribution in [0.2, 0.25) is 0 Å². The van der Waals surface area contributed by atoms with Gasteiger partial charge in [-0.25, -0.2) is 4.98 Å². The van der Waals surface area contributed by atoms with Crippen molar-refractivity contribution < 1.29 is 9.84 Å². The maximum atomic E-state index is 10.7. The molecule has 8 heteroatoms. The lowest BCUT2D eigenvalue weighted by molar-refractivity contribution is 0.313. The summed E-state index contributed by atoms with van der Waals surface area (Å²) in [6, 6.07) is 13.8. The highest BCUT2D eigenvalue weighted by Gasteiger charge is 2.31. The molecule has 0 aliphatic carbocycles. The van der Waals surface area contributed by atoms with Gasteiger partial charge < -0.3 is 29.5 Å². The average Bonchev–Trinajstić information content (AvgIpc) is 3.33. The summed E-state index contributed by atoms with van der Waals surface area (Å²) in [6.07, 6.45) is 0. The normalized spacial score (nSPS) is 17.8. The van der Waals surface area contributed by atoms with Crippen LogP contribution in [0.3, 0.4) is 0 Å². The van der Waals surface area contributed by atoms with Crippen LogP contribution in [-0.4, -0.2) is 72.7 Å². The number of ether oxygens (including phenoxy) is 1. The van der Waals surface area contributed by atoms with E-state index in [1.165, 1.54) is 5.69 Å². The second kappa shape index (κ2) is 7.63. The molecule has 3 heterocycles. The first kappa shape index (κ1) is 19.4. The molecule has 0 radical (unpaired) electrons. The number of hydrogen-bond acceptors (Lipinski definition) is 6. The Kier molecular flexibility index (Phi) is 4.78. The summed E-state index contributed by atoms with van der Waals surface area (Å²) in [6.45, 7) is 4.39. The minimum absolute atomic E-state index is 0.138. The molecule has 2 aliphatic rings. The number of piperazine rings is 1. The predicted molar refractivity (Wildman–Crippen MR) is 123 cm³/mol. The van der Waals surface area contributed by atoms with Gasteiger partial charge in [-0.2, -0.15) is 0 Å². The molecule has 0 bridgehead atoms. The topological polar surface area (TPSA) is 91.7 Å². The Balaban J connectivity index is 1.37. The number of nitrogens with one attached hydrogen (secondary N) is 2. The van der Waals surface area contributed by atoms with Crippen molar-refractivity contribution in [2.75, 3.05) is 56.7 Å². The van der Waals surface area contributed by atoms with E-state index in [0.717, 1.165) is 48.6 Å². The molecular weight excluding hydrogens is 392 g/mol. The van der Waals surface area contributed by atoms with Gasteiger partial charge in [-0.3, -0.25) is 5.41 Å². The van der Waals surface area contributed by atoms with Gasteiger partial charge in [-0.05, 0) is 43.4 Å². The van der Waals surface area contributed by atoms with Crippen LogP contribution in [-0.2, 0) is 0 Å². The summed E-state index contributed by atoms with van der Waals surface area (Å²) in [4.78, 5) is 14.3. The van der Waals surface area contributed by atoms with Crippen molar-refractivity contribution in [2.24, 2.45) is 0 Å². The molecule has 0 saturated carbocycles. The Morgan fingerprint density at radius 3 is 2.45 bits per heavy atom. The number of H-pyrrole nitrogens is 1. The van der Waals surface area contributed by atoms with Crippen LogP contribution in [0.4, 0.5) is 11.4 Å². The number of nitrogens with zero attached hydrogens (tertiary/aromatic N) is 4. The maximum absolute atomic E-state index is 10.7. The van der Waals surface area contributed by atoms with Crippen LogP contribution in [0, 0.1) is 5.41 Å². The number of hydrogen-bond donors (Lipinski definition) is 3. The molecule has 0 unspecified atom stereocenters. The quantitative estimate of drug-likeness (QED) is 0.603. The number of rotatable bonds is 4. The minimum Gasteiger partial charge on any atom is -0.509 e. The average molecular weight is 419 g/mol. The molecule has 2 aliphatic heterocycles. The number of fused-ring (bicyclic) bond motifs is 1. The molecule has 0 amide bonds. The molecule has 1 saturated heterocycles. The SMILES string of the molecule is COc1ccc2nc(C3=C(O)CN(c4ccc(N5CCN(C)CC5)cc4)C3=N)[nH]c2c1. The summed E-state index contributed by atoms with van der Waals surface area (Å²) in [5, 5.41) is 19.4. The number of aromatic amines is 1. The molecule has 1 fully saturated rings. The van der Waals surface area contributed by atoms with Crippen molar-refractivity contribution in [1.29, 1.82) is 5.41 Å². The fourth-order valence-electron chi connectivity index (χ4n) is 4.19. The first-order chi connectivity index (χ1) is 15.0. The van der Waals surface area contributed by atoms with Crippen LogP contribution in [0.5, 0.6) is 5.75 Å². The van der Waals surface area contributed by atoms with E-state index in [1.807, 2.05) is 30.3 Å². The minimum atomic E-state index is 0.138. The summed E-state index contributed by atoms with van der Waals surface area (Å²) in [5.74, 6) is 1.59. The molecule has 1 aromatic heterocycles. The number of aliphatic hydroxyl groups excluding tert-OH is 1. The third kappa shape index (κ3) is 3.48. The maximum Gasteiger partial charge on any atom is 0.145 e. The Morgan fingerprint density at radius 1 is 1.03 bits per heavy atom. The van der Waals surface area contributed by atoms with Gasteiger partial charge >= 0.3 is 0 Å². The van der Waals surface area contributed by atoms with E-state index in [2.05, 4.69) is 38.9 Å². The predicted octanol–water partition coefficient (Wildman–Crippen LogP) is 3.09. The van der Waals surface area contributed by atoms with Gasteiger partial charge in [-0.15, -0.1) is 0 Å². The standard InChI is InChI=1S/C23H26N6O2/c1-27-9-11-28(12-10-27)15-3-5-16(6-4-15)29-14-20(30)21(22(29)24)23-25-18-8-7-17(31-2)13-19(18)26-23/h3-8,13,24,30H,9-12,14H2,1-2H3,(H,25,26). The van der Waals surface area contributed by atoms with Crippen LogP contribution >= 0.6 is 0 Å². The first-order valence-corrected chi connectivity index (χ1v) is 10.4. The summed E-state index contributed by atoms with van der Waals surface area (Å²) in [5.41, 5.74) is 4.06. The highest BCUT2D eigenvalue weighted by atomic mass is 16.5. The van der Waals surface area contributed by atoms with E-state index in [0.29, 0.717) is 11.4 Å². The second-order valence-electron chi connectivity index (χ2n) is 8.03. The van der Waals surface area contributed by atoms with Crippen LogP contribution in [0.25, 0.3) is 16.6 Å². The van der Waals surface area contributed by atoms with E-state index in [1.54, 1.807) is 12.0 Å². The van der Waals surface area contributed by atoms with Crippen molar-refractivity contribution in [3.63, 3.8) is 0 Å². The molecule has 3 N–H and O–H groups in total. The Labute approximate surface area is 180 Å². The van der Waals surface area contributed by atoms with Gasteiger partial charge in [0, 0.05) is 43.6 Å². The number of benzene rings is 2. The van der Waals surface area contributed by atoms with E-state index >= 15 is 0 Å². The number of aromatic nitrogens is 2. The van der Waals surface area contributed by atoms with Gasteiger partial charge in [-0.1, -0.05) is 0 Å². The smallest absolute Gasteiger partial charge is 0.145 e. The second-order valence-corrected chi connectivity index (χ2v) is 8.03. The summed E-state index contributed by atoms with van der Waals surface area (Å²) >= 11 is 0. The van der Waals surface area contributed by atoms with Crippen molar-refractivity contribution in [2.45, 2.75) is 0 Å². The first-order valence-electron chi connectivity index (χ1n) is 10.4. The van der Waals surface area contributed by atoms with E-state index in [4.69, 9.17) is 10.1 Å². The molecule has 8 nitrogen and oxygen atoms in total. The molecule has 160 valence electrons. The van der Waals surface area contributed by atoms with E-state index in [9.17, 15) is 5.11 Å². The molecular formula is C23H26N6O2. The zero-order valence-electron chi connectivity index (χ0n) is 17.7. The van der Waals surface area contributed by atoms with Crippen molar-refractivity contribution in [3.05, 3.63) is 54.0 Å². The lowest BCUT2D eigenvalue weighted by Crippen LogP contribution is -2.44. The number of imidazole rings is 1. The summed E-state index contributed by atoms with van der Waals surface area (Å²) < 4.78 is 5.27. The Hall–Kier alpha value is -3.52. The zero-order valence-corrected chi connectivity index (χ0v) is 17.7. The van der Waals surface area contributed by atoms with Gasteiger partial charge in [0.25, 0.3) is 0 Å². The molecule has 3 aromatic rings. The zero-order chi connectivity index (χ0) is 21.5. The van der Waals surface area contributed by atoms with Crippen molar-refractivity contribution >= 4 is 33.8 Å². The lowest BCUT2D eigenvalue weighted by Gasteiger charge is -2.34. The number of anilines is 2. The Bertz CT molecular complexity index is 1160. The van der Waals surface area contributed by atoms with Gasteiger partial charge in [0.15, 0.2) is 0 Å². The number of likely N-dealkylation sites (N-methyl/N-ethyl adjacent to an activating group) is 1. The molecule has 5 rings (SSSR count). The van der Waals surface area contributed by atoms with Gasteiger partial charge in [0.05, 0.1) is 30.3 Å². The highest BCUT2D eigenvalue weighted by Crippen LogP contribution is 2.32. The van der Waals surface area contributed by atoms with Gasteiger partial charge in [0.2, 0.25) is 0 Å².